The van der Waals surface area contributed by atoms with Gasteiger partial charge < -0.3 is 5.32 Å². The fourth-order valence-corrected chi connectivity index (χ4v) is 3.83. The molecule has 2 aromatic heterocycles. The van der Waals surface area contributed by atoms with Gasteiger partial charge in [-0.3, -0.25) is 0 Å². The Hall–Kier alpha value is -2.78. The van der Waals surface area contributed by atoms with Crippen LogP contribution in [0.4, 0.5) is 10.8 Å². The molecular formula is C16H13N7S2. The van der Waals surface area contributed by atoms with Crippen molar-refractivity contribution in [3.63, 3.8) is 0 Å². The van der Waals surface area contributed by atoms with E-state index >= 15 is 0 Å². The summed E-state index contributed by atoms with van der Waals surface area (Å²) in [6, 6.07) is 19.7. The molecule has 0 fully saturated rings. The van der Waals surface area contributed by atoms with Crippen LogP contribution in [-0.4, -0.2) is 30.4 Å². The van der Waals surface area contributed by atoms with Gasteiger partial charge in [-0.05, 0) is 34.7 Å². The highest BCUT2D eigenvalue weighted by molar-refractivity contribution is 8.00. The van der Waals surface area contributed by atoms with Crippen molar-refractivity contribution in [2.75, 3.05) is 5.32 Å². The van der Waals surface area contributed by atoms with Crippen molar-refractivity contribution >= 4 is 33.9 Å². The van der Waals surface area contributed by atoms with E-state index in [0.29, 0.717) is 5.75 Å². The van der Waals surface area contributed by atoms with E-state index in [1.165, 1.54) is 11.3 Å². The van der Waals surface area contributed by atoms with Gasteiger partial charge in [0.1, 0.15) is 0 Å². The summed E-state index contributed by atoms with van der Waals surface area (Å²) in [4.78, 5) is 0. The molecule has 4 rings (SSSR count). The molecule has 0 radical (unpaired) electrons. The number of nitrogens with zero attached hydrogens (tertiary/aromatic N) is 6. The first-order chi connectivity index (χ1) is 12.4. The fraction of sp³-hybridized carbons (Fsp3) is 0.0625. The van der Waals surface area contributed by atoms with Crippen molar-refractivity contribution in [1.29, 1.82) is 0 Å². The van der Waals surface area contributed by atoms with E-state index in [1.807, 2.05) is 60.7 Å². The largest absolute Gasteiger partial charge is 0.330 e. The second kappa shape index (κ2) is 7.41. The molecular weight excluding hydrogens is 354 g/mol. The summed E-state index contributed by atoms with van der Waals surface area (Å²) in [6.07, 6.45) is 0. The Kier molecular flexibility index (Phi) is 4.66. The van der Waals surface area contributed by atoms with Gasteiger partial charge in [-0.25, -0.2) is 0 Å². The number of benzene rings is 2. The first-order valence-corrected chi connectivity index (χ1v) is 9.30. The normalized spacial score (nSPS) is 10.7. The smallest absolute Gasteiger partial charge is 0.210 e. The van der Waals surface area contributed by atoms with Crippen molar-refractivity contribution < 1.29 is 0 Å². The zero-order valence-electron chi connectivity index (χ0n) is 13.0. The van der Waals surface area contributed by atoms with Gasteiger partial charge in [0, 0.05) is 5.69 Å². The van der Waals surface area contributed by atoms with Crippen LogP contribution in [-0.2, 0) is 5.75 Å². The molecule has 0 aliphatic heterocycles. The molecule has 0 aliphatic carbocycles. The first-order valence-electron chi connectivity index (χ1n) is 7.49. The highest BCUT2D eigenvalue weighted by Crippen LogP contribution is 2.29. The van der Waals surface area contributed by atoms with Gasteiger partial charge in [-0.15, -0.1) is 15.3 Å². The highest BCUT2D eigenvalue weighted by atomic mass is 32.2. The lowest BCUT2D eigenvalue weighted by Crippen LogP contribution is -2.01. The Labute approximate surface area is 152 Å². The van der Waals surface area contributed by atoms with Gasteiger partial charge in [-0.1, -0.05) is 59.5 Å². The fourth-order valence-electron chi connectivity index (χ4n) is 2.16. The number of aromatic nitrogens is 6. The van der Waals surface area contributed by atoms with Gasteiger partial charge in [0.15, 0.2) is 10.2 Å². The second-order valence-electron chi connectivity index (χ2n) is 5.00. The van der Waals surface area contributed by atoms with E-state index in [1.54, 1.807) is 16.4 Å². The number of thioether (sulfide) groups is 1. The van der Waals surface area contributed by atoms with Crippen LogP contribution in [0.15, 0.2) is 65.0 Å². The van der Waals surface area contributed by atoms with Crippen LogP contribution in [0.2, 0.25) is 0 Å². The van der Waals surface area contributed by atoms with Gasteiger partial charge in [-0.2, -0.15) is 4.68 Å². The monoisotopic (exact) mass is 367 g/mol. The van der Waals surface area contributed by atoms with Gasteiger partial charge in [0.2, 0.25) is 5.13 Å². The third-order valence-corrected chi connectivity index (χ3v) is 5.26. The van der Waals surface area contributed by atoms with Gasteiger partial charge in [0.05, 0.1) is 11.4 Å². The van der Waals surface area contributed by atoms with Crippen LogP contribution < -0.4 is 5.32 Å². The van der Waals surface area contributed by atoms with Crippen LogP contribution in [0, 0.1) is 0 Å². The summed E-state index contributed by atoms with van der Waals surface area (Å²) < 4.78 is 2.60. The zero-order valence-corrected chi connectivity index (χ0v) is 14.6. The minimum atomic E-state index is 0.613. The lowest BCUT2D eigenvalue weighted by atomic mass is 10.3. The Balaban J connectivity index is 1.42. The summed E-state index contributed by atoms with van der Waals surface area (Å²) in [5, 5.41) is 24.3. The summed E-state index contributed by atoms with van der Waals surface area (Å²) in [5.74, 6) is 1.38. The molecule has 0 unspecified atom stereocenters. The van der Waals surface area contributed by atoms with Crippen LogP contribution >= 0.6 is 23.1 Å². The summed E-state index contributed by atoms with van der Waals surface area (Å²) in [5.41, 5.74) is 1.93. The van der Waals surface area contributed by atoms with Crippen LogP contribution in [0.1, 0.15) is 5.82 Å². The molecule has 0 saturated heterocycles. The third kappa shape index (κ3) is 3.83. The van der Waals surface area contributed by atoms with Crippen molar-refractivity contribution in [3.8, 4) is 5.69 Å². The Morgan fingerprint density at radius 2 is 1.68 bits per heavy atom. The molecule has 9 heteroatoms. The predicted octanol–water partition coefficient (Wildman–Crippen LogP) is 3.55. The van der Waals surface area contributed by atoms with Crippen LogP contribution in [0.5, 0.6) is 0 Å². The summed E-state index contributed by atoms with van der Waals surface area (Å²) >= 11 is 3.06. The predicted molar refractivity (Wildman–Crippen MR) is 98.3 cm³/mol. The van der Waals surface area contributed by atoms with Crippen molar-refractivity contribution in [2.45, 2.75) is 10.1 Å². The van der Waals surface area contributed by atoms with E-state index in [0.717, 1.165) is 26.7 Å². The lowest BCUT2D eigenvalue weighted by molar-refractivity contribution is 0.777. The summed E-state index contributed by atoms with van der Waals surface area (Å²) in [6.45, 7) is 0. The Bertz CT molecular complexity index is 937. The molecule has 2 heterocycles. The maximum Gasteiger partial charge on any atom is 0.210 e. The molecule has 124 valence electrons. The third-order valence-electron chi connectivity index (χ3n) is 3.29. The SMILES string of the molecule is c1ccc(Nc2nnc(SCc3nnnn3-c3ccccc3)s2)cc1. The number of hydrogen-bond donors (Lipinski definition) is 1. The van der Waals surface area contributed by atoms with E-state index in [4.69, 9.17) is 0 Å². The molecule has 0 saturated carbocycles. The molecule has 0 bridgehead atoms. The van der Waals surface area contributed by atoms with Crippen molar-refractivity contribution in [2.24, 2.45) is 0 Å². The van der Waals surface area contributed by atoms with Gasteiger partial charge >= 0.3 is 0 Å². The average molecular weight is 367 g/mol. The number of tetrazole rings is 1. The molecule has 7 nitrogen and oxygen atoms in total. The Morgan fingerprint density at radius 1 is 0.920 bits per heavy atom. The highest BCUT2D eigenvalue weighted by Gasteiger charge is 2.11. The minimum Gasteiger partial charge on any atom is -0.330 e. The number of hydrogen-bond acceptors (Lipinski definition) is 8. The van der Waals surface area contributed by atoms with Crippen LogP contribution in [0.25, 0.3) is 5.69 Å². The number of rotatable bonds is 6. The topological polar surface area (TPSA) is 81.4 Å². The van der Waals surface area contributed by atoms with E-state index < -0.39 is 0 Å². The quantitative estimate of drug-likeness (QED) is 0.522. The molecule has 4 aromatic rings. The molecule has 0 amide bonds. The van der Waals surface area contributed by atoms with Crippen molar-refractivity contribution in [3.05, 3.63) is 66.5 Å². The Morgan fingerprint density at radius 3 is 2.48 bits per heavy atom. The number of anilines is 2. The van der Waals surface area contributed by atoms with E-state index in [9.17, 15) is 0 Å². The van der Waals surface area contributed by atoms with E-state index in [2.05, 4.69) is 31.0 Å². The first kappa shape index (κ1) is 15.7. The molecule has 1 N–H and O–H groups in total. The molecule has 0 spiro atoms. The van der Waals surface area contributed by atoms with Crippen molar-refractivity contribution in [1.82, 2.24) is 30.4 Å². The van der Waals surface area contributed by atoms with E-state index in [-0.39, 0.29) is 0 Å². The zero-order chi connectivity index (χ0) is 16.9. The molecule has 0 aliphatic rings. The average Bonchev–Trinajstić information content (AvgIpc) is 3.31. The standard InChI is InChI=1S/C16H13N7S2/c1-3-7-12(8-4-1)17-15-19-20-16(25-15)24-11-14-18-21-22-23(14)13-9-5-2-6-10-13/h1-10H,11H2,(H,17,19). The summed E-state index contributed by atoms with van der Waals surface area (Å²) in [7, 11) is 0. The maximum absolute atomic E-state index is 4.21. The number of para-hydroxylation sites is 2. The minimum absolute atomic E-state index is 0.613. The molecule has 0 atom stereocenters. The molecule has 25 heavy (non-hydrogen) atoms. The lowest BCUT2D eigenvalue weighted by Gasteiger charge is -2.02. The molecule has 2 aromatic carbocycles. The second-order valence-corrected chi connectivity index (χ2v) is 7.20. The van der Waals surface area contributed by atoms with Gasteiger partial charge in [0.25, 0.3) is 0 Å². The maximum atomic E-state index is 4.21. The number of nitrogens with one attached hydrogen (secondary N) is 1. The van der Waals surface area contributed by atoms with Crippen LogP contribution in [0.3, 0.4) is 0 Å².